The summed E-state index contributed by atoms with van der Waals surface area (Å²) in [6.45, 7) is 1.99. The number of pyridine rings is 1. The van der Waals surface area contributed by atoms with Crippen molar-refractivity contribution in [2.75, 3.05) is 7.11 Å². The Morgan fingerprint density at radius 1 is 1.30 bits per heavy atom. The summed E-state index contributed by atoms with van der Waals surface area (Å²) >= 11 is 0. The van der Waals surface area contributed by atoms with Gasteiger partial charge in [0.2, 0.25) is 0 Å². The molecule has 2 heterocycles. The van der Waals surface area contributed by atoms with Crippen LogP contribution in [0.4, 0.5) is 0 Å². The molecule has 0 aliphatic heterocycles. The minimum Gasteiger partial charge on any atom is -0.497 e. The first-order valence-corrected chi connectivity index (χ1v) is 7.12. The van der Waals surface area contributed by atoms with Gasteiger partial charge < -0.3 is 9.84 Å². The summed E-state index contributed by atoms with van der Waals surface area (Å²) in [7, 11) is 1.61. The monoisotopic (exact) mass is 308 g/mol. The van der Waals surface area contributed by atoms with Gasteiger partial charge in [-0.15, -0.1) is 0 Å². The fourth-order valence-corrected chi connectivity index (χ4v) is 2.46. The number of hydrogen-bond donors (Lipinski definition) is 1. The highest BCUT2D eigenvalue weighted by molar-refractivity contribution is 5.87. The topological polar surface area (TPSA) is 63.8 Å². The molecule has 0 saturated carbocycles. The Balaban J connectivity index is 2.25. The molecular weight excluding hydrogens is 292 g/mol. The van der Waals surface area contributed by atoms with Crippen molar-refractivity contribution in [3.8, 4) is 17.0 Å². The van der Waals surface area contributed by atoms with E-state index in [9.17, 15) is 4.79 Å². The molecule has 3 rings (SSSR count). The Morgan fingerprint density at radius 3 is 2.87 bits per heavy atom. The van der Waals surface area contributed by atoms with Crippen LogP contribution in [0.1, 0.15) is 11.3 Å². The van der Waals surface area contributed by atoms with E-state index in [-0.39, 0.29) is 0 Å². The van der Waals surface area contributed by atoms with Gasteiger partial charge in [0.05, 0.1) is 18.5 Å². The van der Waals surface area contributed by atoms with Crippen LogP contribution in [0.3, 0.4) is 0 Å². The second-order valence-electron chi connectivity index (χ2n) is 5.18. The summed E-state index contributed by atoms with van der Waals surface area (Å²) in [6.07, 6.45) is 4.57. The number of aromatic nitrogens is 2. The highest BCUT2D eigenvalue weighted by atomic mass is 16.5. The number of carbonyl (C=O) groups is 1. The molecule has 0 unspecified atom stereocenters. The van der Waals surface area contributed by atoms with E-state index in [1.165, 1.54) is 0 Å². The lowest BCUT2D eigenvalue weighted by Crippen LogP contribution is -1.91. The van der Waals surface area contributed by atoms with Crippen molar-refractivity contribution in [2.24, 2.45) is 0 Å². The third-order valence-electron chi connectivity index (χ3n) is 3.55. The fraction of sp³-hybridized carbons (Fsp3) is 0.111. The Labute approximate surface area is 133 Å². The first-order chi connectivity index (χ1) is 11.1. The molecule has 5 heteroatoms. The predicted octanol–water partition coefficient (Wildman–Crippen LogP) is 3.42. The lowest BCUT2D eigenvalue weighted by Gasteiger charge is -2.03. The second kappa shape index (κ2) is 5.96. The maximum Gasteiger partial charge on any atom is 0.328 e. The maximum atomic E-state index is 10.9. The van der Waals surface area contributed by atoms with E-state index in [1.54, 1.807) is 13.2 Å². The van der Waals surface area contributed by atoms with Gasteiger partial charge in [0.25, 0.3) is 0 Å². The van der Waals surface area contributed by atoms with Crippen molar-refractivity contribution >= 4 is 17.7 Å². The van der Waals surface area contributed by atoms with Gasteiger partial charge in [-0.1, -0.05) is 12.1 Å². The van der Waals surface area contributed by atoms with Gasteiger partial charge in [-0.25, -0.2) is 9.78 Å². The van der Waals surface area contributed by atoms with Crippen molar-refractivity contribution in [3.05, 3.63) is 59.9 Å². The van der Waals surface area contributed by atoms with E-state index in [1.807, 2.05) is 53.9 Å². The van der Waals surface area contributed by atoms with Gasteiger partial charge in [0.1, 0.15) is 11.4 Å². The van der Waals surface area contributed by atoms with Gasteiger partial charge in [-0.05, 0) is 42.8 Å². The summed E-state index contributed by atoms with van der Waals surface area (Å²) < 4.78 is 7.14. The maximum absolute atomic E-state index is 10.9. The molecule has 0 saturated heterocycles. The van der Waals surface area contributed by atoms with Crippen LogP contribution >= 0.6 is 0 Å². The summed E-state index contributed by atoms with van der Waals surface area (Å²) in [4.78, 5) is 15.6. The highest BCUT2D eigenvalue weighted by Gasteiger charge is 2.13. The molecule has 0 spiro atoms. The SMILES string of the molecule is COc1cccc(-c2nc3cc(C)ccn3c2/C=C/C(=O)O)c1. The van der Waals surface area contributed by atoms with Crippen LogP contribution in [0, 0.1) is 6.92 Å². The number of carboxylic acid groups (broad SMARTS) is 1. The van der Waals surface area contributed by atoms with Gasteiger partial charge >= 0.3 is 5.97 Å². The number of imidazole rings is 1. The number of carboxylic acids is 1. The molecule has 1 aromatic carbocycles. The Hall–Kier alpha value is -3.08. The van der Waals surface area contributed by atoms with Crippen LogP contribution in [-0.4, -0.2) is 27.6 Å². The zero-order valence-corrected chi connectivity index (χ0v) is 12.9. The molecule has 0 aliphatic rings. The van der Waals surface area contributed by atoms with Crippen molar-refractivity contribution < 1.29 is 14.6 Å². The number of aryl methyl sites for hydroxylation is 1. The van der Waals surface area contributed by atoms with Gasteiger partial charge in [0, 0.05) is 17.8 Å². The van der Waals surface area contributed by atoms with E-state index in [4.69, 9.17) is 9.84 Å². The molecule has 23 heavy (non-hydrogen) atoms. The third-order valence-corrected chi connectivity index (χ3v) is 3.55. The quantitative estimate of drug-likeness (QED) is 0.750. The summed E-state index contributed by atoms with van der Waals surface area (Å²) in [5, 5.41) is 8.94. The summed E-state index contributed by atoms with van der Waals surface area (Å²) in [5.74, 6) is -0.271. The van der Waals surface area contributed by atoms with Gasteiger partial charge in [-0.3, -0.25) is 4.40 Å². The predicted molar refractivity (Wildman–Crippen MR) is 88.6 cm³/mol. The zero-order chi connectivity index (χ0) is 16.4. The molecule has 0 fully saturated rings. The molecule has 1 N–H and O–H groups in total. The summed E-state index contributed by atoms with van der Waals surface area (Å²) in [6, 6.07) is 11.5. The zero-order valence-electron chi connectivity index (χ0n) is 12.9. The van der Waals surface area contributed by atoms with Crippen LogP contribution in [0.2, 0.25) is 0 Å². The largest absolute Gasteiger partial charge is 0.497 e. The Bertz CT molecular complexity index is 910. The van der Waals surface area contributed by atoms with Crippen LogP contribution in [0.15, 0.2) is 48.7 Å². The number of benzene rings is 1. The van der Waals surface area contributed by atoms with Crippen molar-refractivity contribution in [1.29, 1.82) is 0 Å². The number of rotatable bonds is 4. The molecular formula is C18H16N2O3. The minimum atomic E-state index is -0.997. The van der Waals surface area contributed by atoms with Crippen LogP contribution in [0.25, 0.3) is 23.0 Å². The smallest absolute Gasteiger partial charge is 0.328 e. The van der Waals surface area contributed by atoms with E-state index < -0.39 is 5.97 Å². The molecule has 0 amide bonds. The fourth-order valence-electron chi connectivity index (χ4n) is 2.46. The Morgan fingerprint density at radius 2 is 2.13 bits per heavy atom. The average Bonchev–Trinajstić information content (AvgIpc) is 2.90. The third kappa shape index (κ3) is 2.94. The van der Waals surface area contributed by atoms with Crippen molar-refractivity contribution in [1.82, 2.24) is 9.38 Å². The molecule has 0 atom stereocenters. The molecule has 5 nitrogen and oxygen atoms in total. The first kappa shape index (κ1) is 14.8. The van der Waals surface area contributed by atoms with Crippen LogP contribution in [-0.2, 0) is 4.79 Å². The number of methoxy groups -OCH3 is 1. The van der Waals surface area contributed by atoms with E-state index >= 15 is 0 Å². The van der Waals surface area contributed by atoms with Crippen molar-refractivity contribution in [3.63, 3.8) is 0 Å². The lowest BCUT2D eigenvalue weighted by molar-refractivity contribution is -0.131. The molecule has 3 aromatic rings. The molecule has 116 valence electrons. The van der Waals surface area contributed by atoms with Crippen molar-refractivity contribution in [2.45, 2.75) is 6.92 Å². The van der Waals surface area contributed by atoms with E-state index in [0.717, 1.165) is 34.3 Å². The normalized spacial score (nSPS) is 11.2. The van der Waals surface area contributed by atoms with E-state index in [2.05, 4.69) is 4.98 Å². The number of fused-ring (bicyclic) bond motifs is 1. The second-order valence-corrected chi connectivity index (χ2v) is 5.18. The van der Waals surface area contributed by atoms with E-state index in [0.29, 0.717) is 5.69 Å². The average molecular weight is 308 g/mol. The van der Waals surface area contributed by atoms with Gasteiger partial charge in [-0.2, -0.15) is 0 Å². The highest BCUT2D eigenvalue weighted by Crippen LogP contribution is 2.28. The van der Waals surface area contributed by atoms with Crippen LogP contribution in [0.5, 0.6) is 5.75 Å². The number of nitrogens with zero attached hydrogens (tertiary/aromatic N) is 2. The van der Waals surface area contributed by atoms with Gasteiger partial charge in [0.15, 0.2) is 0 Å². The lowest BCUT2D eigenvalue weighted by atomic mass is 10.1. The number of aliphatic carboxylic acids is 1. The number of hydrogen-bond acceptors (Lipinski definition) is 3. The van der Waals surface area contributed by atoms with Crippen LogP contribution < -0.4 is 4.74 Å². The molecule has 0 radical (unpaired) electrons. The minimum absolute atomic E-state index is 0.715. The molecule has 0 aliphatic carbocycles. The number of ether oxygens (including phenoxy) is 1. The Kier molecular flexibility index (Phi) is 3.85. The molecule has 0 bridgehead atoms. The first-order valence-electron chi connectivity index (χ1n) is 7.12. The summed E-state index contributed by atoms with van der Waals surface area (Å²) in [5.41, 5.74) is 4.17. The molecule has 2 aromatic heterocycles. The standard InChI is InChI=1S/C18H16N2O3/c1-12-8-9-20-15(6-7-17(21)22)18(19-16(20)10-12)13-4-3-5-14(11-13)23-2/h3-11H,1-2H3,(H,21,22)/b7-6+.